The molecule has 0 aliphatic carbocycles. The third-order valence-electron chi connectivity index (χ3n) is 6.22. The van der Waals surface area contributed by atoms with Crippen LogP contribution in [0.2, 0.25) is 0 Å². The van der Waals surface area contributed by atoms with E-state index in [1.54, 1.807) is 31.3 Å². The molecule has 0 unspecified atom stereocenters. The van der Waals surface area contributed by atoms with E-state index in [0.717, 1.165) is 23.0 Å². The molecule has 206 valence electrons. The van der Waals surface area contributed by atoms with E-state index in [1.165, 1.54) is 28.1 Å². The van der Waals surface area contributed by atoms with Gasteiger partial charge in [0.2, 0.25) is 0 Å². The van der Waals surface area contributed by atoms with Gasteiger partial charge >= 0.3 is 18.0 Å². The van der Waals surface area contributed by atoms with E-state index in [9.17, 15) is 31.9 Å². The Labute approximate surface area is 224 Å². The lowest BCUT2D eigenvalue weighted by atomic mass is 10.1. The summed E-state index contributed by atoms with van der Waals surface area (Å²) in [6, 6.07) is 11.3. The van der Waals surface area contributed by atoms with Crippen molar-refractivity contribution < 1.29 is 31.9 Å². The van der Waals surface area contributed by atoms with Crippen LogP contribution in [-0.2, 0) is 16.1 Å². The second kappa shape index (κ2) is 10.3. The number of likely N-dealkylation sites (N-methyl/N-ethyl adjacent to an activating group) is 1. The summed E-state index contributed by atoms with van der Waals surface area (Å²) in [6.45, 7) is -0.642. The van der Waals surface area contributed by atoms with Crippen LogP contribution in [0.5, 0.6) is 0 Å². The van der Waals surface area contributed by atoms with E-state index in [1.807, 2.05) is 0 Å². The zero-order valence-corrected chi connectivity index (χ0v) is 20.9. The second-order valence-corrected chi connectivity index (χ2v) is 9.02. The summed E-state index contributed by atoms with van der Waals surface area (Å²) < 4.78 is 54.0. The first-order valence-corrected chi connectivity index (χ1v) is 11.9. The van der Waals surface area contributed by atoms with Gasteiger partial charge in [-0.15, -0.1) is 0 Å². The van der Waals surface area contributed by atoms with Crippen molar-refractivity contribution >= 4 is 29.1 Å². The first-order valence-electron chi connectivity index (χ1n) is 11.9. The van der Waals surface area contributed by atoms with Crippen LogP contribution in [0, 0.1) is 5.82 Å². The first kappa shape index (κ1) is 26.6. The maximum absolute atomic E-state index is 13.4. The molecule has 0 bridgehead atoms. The molecule has 10 nitrogen and oxygen atoms in total. The molecule has 3 heterocycles. The highest BCUT2D eigenvalue weighted by atomic mass is 19.4. The van der Waals surface area contributed by atoms with Gasteiger partial charge in [-0.05, 0) is 48.5 Å². The molecular formula is C26H21F4N7O3. The van der Waals surface area contributed by atoms with Gasteiger partial charge in [-0.1, -0.05) is 0 Å². The van der Waals surface area contributed by atoms with E-state index in [4.69, 9.17) is 0 Å². The third-order valence-corrected chi connectivity index (χ3v) is 6.22. The van der Waals surface area contributed by atoms with Gasteiger partial charge in [0.15, 0.2) is 5.82 Å². The van der Waals surface area contributed by atoms with Gasteiger partial charge in [0.1, 0.15) is 23.7 Å². The van der Waals surface area contributed by atoms with Crippen LogP contribution in [0.25, 0.3) is 22.8 Å². The standard InChI is InChI=1S/C26H21F4N7O3/c1-35-10-11-37(25(40)24(35)39)18-8-6-17(7-9-18)33-23(38)19-12-31-22(34-19)21-20(15-2-4-16(27)5-3-15)32-14-36(21)13-26(28,29)30/h2-9,12,14H,10-11,13H2,1H3,(H,31,34)(H,33,38). The summed E-state index contributed by atoms with van der Waals surface area (Å²) in [5.41, 5.74) is 1.27. The number of H-pyrrole nitrogens is 1. The molecule has 4 aromatic rings. The largest absolute Gasteiger partial charge is 0.406 e. The molecule has 0 radical (unpaired) electrons. The van der Waals surface area contributed by atoms with Gasteiger partial charge in [-0.2, -0.15) is 13.2 Å². The van der Waals surface area contributed by atoms with Crippen molar-refractivity contribution in [2.24, 2.45) is 0 Å². The zero-order valence-electron chi connectivity index (χ0n) is 20.9. The Morgan fingerprint density at radius 1 is 1.00 bits per heavy atom. The summed E-state index contributed by atoms with van der Waals surface area (Å²) in [6.07, 6.45) is -2.38. The maximum Gasteiger partial charge on any atom is 0.406 e. The fourth-order valence-electron chi connectivity index (χ4n) is 4.22. The fourth-order valence-corrected chi connectivity index (χ4v) is 4.22. The van der Waals surface area contributed by atoms with Crippen LogP contribution in [0.3, 0.4) is 0 Å². The number of hydrogen-bond donors (Lipinski definition) is 2. The van der Waals surface area contributed by atoms with Gasteiger partial charge in [0.25, 0.3) is 5.91 Å². The van der Waals surface area contributed by atoms with Crippen molar-refractivity contribution in [3.8, 4) is 22.8 Å². The van der Waals surface area contributed by atoms with Crippen LogP contribution in [0.15, 0.2) is 61.1 Å². The minimum absolute atomic E-state index is 0.0290. The summed E-state index contributed by atoms with van der Waals surface area (Å²) in [5.74, 6) is -2.45. The Balaban J connectivity index is 1.37. The average Bonchev–Trinajstić information content (AvgIpc) is 3.55. The summed E-state index contributed by atoms with van der Waals surface area (Å²) >= 11 is 0. The molecule has 14 heteroatoms. The van der Waals surface area contributed by atoms with Gasteiger partial charge in [-0.25, -0.2) is 14.4 Å². The van der Waals surface area contributed by atoms with Crippen molar-refractivity contribution in [1.29, 1.82) is 0 Å². The Bertz CT molecular complexity index is 1580. The van der Waals surface area contributed by atoms with E-state index in [0.29, 0.717) is 30.0 Å². The molecule has 0 spiro atoms. The molecule has 2 aromatic carbocycles. The lowest BCUT2D eigenvalue weighted by Crippen LogP contribution is -2.52. The smallest absolute Gasteiger partial charge is 0.336 e. The van der Waals surface area contributed by atoms with Crippen molar-refractivity contribution in [3.05, 3.63) is 72.6 Å². The lowest BCUT2D eigenvalue weighted by molar-refractivity contribution is -0.145. The van der Waals surface area contributed by atoms with Crippen LogP contribution in [0.4, 0.5) is 28.9 Å². The molecular weight excluding hydrogens is 534 g/mol. The van der Waals surface area contributed by atoms with E-state index >= 15 is 0 Å². The minimum Gasteiger partial charge on any atom is -0.336 e. The average molecular weight is 555 g/mol. The molecule has 1 aliphatic heterocycles. The van der Waals surface area contributed by atoms with Gasteiger partial charge < -0.3 is 24.7 Å². The number of rotatable bonds is 6. The summed E-state index contributed by atoms with van der Waals surface area (Å²) in [4.78, 5) is 50.7. The number of alkyl halides is 3. The van der Waals surface area contributed by atoms with E-state index in [-0.39, 0.29) is 22.9 Å². The number of aromatic nitrogens is 4. The highest BCUT2D eigenvalue weighted by Gasteiger charge is 2.32. The number of anilines is 2. The molecule has 1 saturated heterocycles. The van der Waals surface area contributed by atoms with Gasteiger partial charge in [0.05, 0.1) is 18.2 Å². The second-order valence-electron chi connectivity index (χ2n) is 9.02. The Morgan fingerprint density at radius 3 is 2.38 bits per heavy atom. The number of piperazine rings is 1. The third kappa shape index (κ3) is 5.41. The van der Waals surface area contributed by atoms with Gasteiger partial charge in [-0.3, -0.25) is 14.4 Å². The van der Waals surface area contributed by atoms with Crippen LogP contribution < -0.4 is 10.2 Å². The number of nitrogens with zero attached hydrogens (tertiary/aromatic N) is 5. The molecule has 0 atom stereocenters. The molecule has 5 rings (SSSR count). The number of carbonyl (C=O) groups is 3. The van der Waals surface area contributed by atoms with Crippen molar-refractivity contribution in [2.45, 2.75) is 12.7 Å². The SMILES string of the molecule is CN1CCN(c2ccc(NC(=O)c3cnc(-c4c(-c5ccc(F)cc5)ncn4CC(F)(F)F)[nH]3)cc2)C(=O)C1=O. The van der Waals surface area contributed by atoms with Crippen LogP contribution >= 0.6 is 0 Å². The topological polar surface area (TPSA) is 116 Å². The molecule has 1 fully saturated rings. The van der Waals surface area contributed by atoms with Crippen LogP contribution in [0.1, 0.15) is 10.5 Å². The van der Waals surface area contributed by atoms with E-state index in [2.05, 4.69) is 20.3 Å². The maximum atomic E-state index is 13.4. The molecule has 1 aliphatic rings. The summed E-state index contributed by atoms with van der Waals surface area (Å²) in [7, 11) is 1.55. The Morgan fingerprint density at radius 2 is 1.70 bits per heavy atom. The number of imidazole rings is 2. The van der Waals surface area contributed by atoms with Crippen molar-refractivity contribution in [1.82, 2.24) is 24.4 Å². The quantitative estimate of drug-likeness (QED) is 0.278. The monoisotopic (exact) mass is 555 g/mol. The van der Waals surface area contributed by atoms with Crippen LogP contribution in [-0.4, -0.2) is 68.5 Å². The highest BCUT2D eigenvalue weighted by molar-refractivity contribution is 6.40. The minimum atomic E-state index is -4.56. The molecule has 2 aromatic heterocycles. The number of amides is 3. The fraction of sp³-hybridized carbons (Fsp3) is 0.192. The Kier molecular flexibility index (Phi) is 6.83. The zero-order chi connectivity index (χ0) is 28.6. The van der Waals surface area contributed by atoms with Crippen molar-refractivity contribution in [3.63, 3.8) is 0 Å². The number of hydrogen-bond acceptors (Lipinski definition) is 5. The Hall–Kier alpha value is -5.01. The van der Waals surface area contributed by atoms with Crippen molar-refractivity contribution in [2.75, 3.05) is 30.4 Å². The predicted molar refractivity (Wildman–Crippen MR) is 136 cm³/mol. The molecule has 2 N–H and O–H groups in total. The first-order chi connectivity index (χ1) is 19.0. The number of carbonyl (C=O) groups excluding carboxylic acids is 3. The summed E-state index contributed by atoms with van der Waals surface area (Å²) in [5, 5.41) is 2.65. The number of aromatic amines is 1. The number of benzene rings is 2. The molecule has 40 heavy (non-hydrogen) atoms. The highest BCUT2D eigenvalue weighted by Crippen LogP contribution is 2.32. The predicted octanol–water partition coefficient (Wildman–Crippen LogP) is 3.70. The number of nitrogens with one attached hydrogen (secondary N) is 2. The molecule has 3 amide bonds. The number of halogens is 4. The molecule has 0 saturated carbocycles. The van der Waals surface area contributed by atoms with E-state index < -0.39 is 36.3 Å². The normalized spacial score (nSPS) is 14.1. The van der Waals surface area contributed by atoms with Gasteiger partial charge in [0, 0.05) is 37.1 Å². The lowest BCUT2D eigenvalue weighted by Gasteiger charge is -2.31.